The number of hydrogen-bond donors (Lipinski definition) is 4. The number of nitrogen functional groups attached to an aromatic ring is 1. The second kappa shape index (κ2) is 10.1. The van der Waals surface area contributed by atoms with Gasteiger partial charge < -0.3 is 25.8 Å². The number of benzene rings is 3. The van der Waals surface area contributed by atoms with E-state index in [0.29, 0.717) is 28.1 Å². The van der Waals surface area contributed by atoms with E-state index >= 15 is 0 Å². The summed E-state index contributed by atoms with van der Waals surface area (Å²) in [4.78, 5) is 24.5. The van der Waals surface area contributed by atoms with Gasteiger partial charge in [0, 0.05) is 17.8 Å². The summed E-state index contributed by atoms with van der Waals surface area (Å²) < 4.78 is 9.97. The van der Waals surface area contributed by atoms with Gasteiger partial charge in [0.05, 0.1) is 19.8 Å². The molecule has 3 rings (SSSR count). The highest BCUT2D eigenvalue weighted by Gasteiger charge is 2.12. The molecule has 0 spiro atoms. The lowest BCUT2D eigenvalue weighted by Gasteiger charge is -2.12. The average molecular weight is 432 g/mol. The summed E-state index contributed by atoms with van der Waals surface area (Å²) in [5.41, 5.74) is 9.38. The number of hydrogen-bond acceptors (Lipinski definition) is 5. The number of carbonyl (C=O) groups is 2. The van der Waals surface area contributed by atoms with Crippen LogP contribution in [0, 0.1) is 5.41 Å². The highest BCUT2D eigenvalue weighted by Crippen LogP contribution is 2.24. The minimum atomic E-state index is -0.487. The molecule has 8 nitrogen and oxygen atoms in total. The first-order valence-electron chi connectivity index (χ1n) is 9.75. The maximum absolute atomic E-state index is 12.3. The molecule has 164 valence electrons. The van der Waals surface area contributed by atoms with Crippen LogP contribution in [0.3, 0.4) is 0 Å². The molecule has 0 atom stereocenters. The number of esters is 1. The fourth-order valence-electron chi connectivity index (χ4n) is 3.09. The van der Waals surface area contributed by atoms with Gasteiger partial charge in [-0.25, -0.2) is 9.59 Å². The van der Waals surface area contributed by atoms with Gasteiger partial charge in [-0.3, -0.25) is 5.41 Å². The van der Waals surface area contributed by atoms with Crippen molar-refractivity contribution in [3.8, 4) is 16.9 Å². The standard InChI is InChI=1S/C24H24N4O4/c1-31-21-8-6-20(7-9-21)28-24(30)27-14-15-10-18(13-19(11-15)23(29)32-2)16-4-3-5-17(12-16)22(25)26/h3-13H,14H2,1-2H3,(H3,25,26)(H2,27,28,30). The van der Waals surface area contributed by atoms with E-state index in [1.54, 1.807) is 61.7 Å². The molecule has 0 fully saturated rings. The zero-order chi connectivity index (χ0) is 23.1. The van der Waals surface area contributed by atoms with E-state index in [4.69, 9.17) is 20.6 Å². The number of anilines is 1. The molecule has 0 radical (unpaired) electrons. The summed E-state index contributed by atoms with van der Waals surface area (Å²) in [5.74, 6) is 0.156. The number of methoxy groups -OCH3 is 2. The molecule has 0 aliphatic heterocycles. The van der Waals surface area contributed by atoms with E-state index in [1.165, 1.54) is 7.11 Å². The lowest BCUT2D eigenvalue weighted by atomic mass is 9.98. The van der Waals surface area contributed by atoms with Gasteiger partial charge in [0.2, 0.25) is 0 Å². The van der Waals surface area contributed by atoms with Crippen molar-refractivity contribution in [1.29, 1.82) is 5.41 Å². The SMILES string of the molecule is COC(=O)c1cc(CNC(=O)Nc2ccc(OC)cc2)cc(-c2cccc(C(=N)N)c2)c1. The van der Waals surface area contributed by atoms with Crippen LogP contribution in [-0.2, 0) is 11.3 Å². The van der Waals surface area contributed by atoms with Gasteiger partial charge in [-0.1, -0.05) is 18.2 Å². The number of carbonyl (C=O) groups excluding carboxylic acids is 2. The van der Waals surface area contributed by atoms with Gasteiger partial charge in [0.1, 0.15) is 11.6 Å². The summed E-state index contributed by atoms with van der Waals surface area (Å²) in [6.45, 7) is 0.187. The Kier molecular flexibility index (Phi) is 7.07. The molecule has 0 unspecified atom stereocenters. The van der Waals surface area contributed by atoms with E-state index < -0.39 is 12.0 Å². The van der Waals surface area contributed by atoms with Crippen LogP contribution in [-0.4, -0.2) is 32.1 Å². The summed E-state index contributed by atoms with van der Waals surface area (Å²) >= 11 is 0. The molecule has 2 amide bonds. The number of nitrogens with one attached hydrogen (secondary N) is 3. The molecular weight excluding hydrogens is 408 g/mol. The third-order valence-electron chi connectivity index (χ3n) is 4.72. The van der Waals surface area contributed by atoms with Crippen LogP contribution in [0.15, 0.2) is 66.7 Å². The van der Waals surface area contributed by atoms with Crippen LogP contribution in [0.2, 0.25) is 0 Å². The van der Waals surface area contributed by atoms with Crippen molar-refractivity contribution in [1.82, 2.24) is 5.32 Å². The number of amidine groups is 1. The van der Waals surface area contributed by atoms with Gasteiger partial charge in [-0.2, -0.15) is 0 Å². The van der Waals surface area contributed by atoms with E-state index in [0.717, 1.165) is 11.1 Å². The number of rotatable bonds is 7. The van der Waals surface area contributed by atoms with Gasteiger partial charge in [-0.15, -0.1) is 0 Å². The monoisotopic (exact) mass is 432 g/mol. The van der Waals surface area contributed by atoms with Crippen molar-refractivity contribution in [2.24, 2.45) is 5.73 Å². The minimum absolute atomic E-state index is 0.0481. The molecular formula is C24H24N4O4. The number of ether oxygens (including phenoxy) is 2. The molecule has 0 aliphatic carbocycles. The van der Waals surface area contributed by atoms with Crippen molar-refractivity contribution in [2.75, 3.05) is 19.5 Å². The minimum Gasteiger partial charge on any atom is -0.497 e. The van der Waals surface area contributed by atoms with Crippen molar-refractivity contribution in [3.05, 3.63) is 83.4 Å². The lowest BCUT2D eigenvalue weighted by molar-refractivity contribution is 0.0600. The van der Waals surface area contributed by atoms with Gasteiger partial charge in [-0.05, 0) is 65.2 Å². The summed E-state index contributed by atoms with van der Waals surface area (Å²) in [7, 11) is 2.88. The van der Waals surface area contributed by atoms with Crippen LogP contribution in [0.25, 0.3) is 11.1 Å². The van der Waals surface area contributed by atoms with Crippen molar-refractivity contribution >= 4 is 23.5 Å². The Labute approximate surface area is 185 Å². The third-order valence-corrected chi connectivity index (χ3v) is 4.72. The first-order chi connectivity index (χ1) is 15.4. The second-order valence-electron chi connectivity index (χ2n) is 6.94. The second-order valence-corrected chi connectivity index (χ2v) is 6.94. The van der Waals surface area contributed by atoms with Crippen LogP contribution < -0.4 is 21.1 Å². The number of amides is 2. The topological polar surface area (TPSA) is 127 Å². The van der Waals surface area contributed by atoms with Gasteiger partial charge >= 0.3 is 12.0 Å². The number of urea groups is 1. The average Bonchev–Trinajstić information content (AvgIpc) is 2.82. The molecule has 3 aromatic rings. The van der Waals surface area contributed by atoms with E-state index in [1.807, 2.05) is 12.1 Å². The Balaban J connectivity index is 1.80. The van der Waals surface area contributed by atoms with Crippen LogP contribution >= 0.6 is 0 Å². The summed E-state index contributed by atoms with van der Waals surface area (Å²) in [6.07, 6.45) is 0. The maximum Gasteiger partial charge on any atom is 0.337 e. The predicted octanol–water partition coefficient (Wildman–Crippen LogP) is 3.75. The molecule has 3 aromatic carbocycles. The van der Waals surface area contributed by atoms with Crippen molar-refractivity contribution < 1.29 is 19.1 Å². The van der Waals surface area contributed by atoms with Crippen LogP contribution in [0.4, 0.5) is 10.5 Å². The largest absolute Gasteiger partial charge is 0.497 e. The zero-order valence-electron chi connectivity index (χ0n) is 17.8. The zero-order valence-corrected chi connectivity index (χ0v) is 17.8. The first-order valence-corrected chi connectivity index (χ1v) is 9.75. The first kappa shape index (κ1) is 22.4. The molecule has 5 N–H and O–H groups in total. The predicted molar refractivity (Wildman–Crippen MR) is 123 cm³/mol. The molecule has 0 bridgehead atoms. The fraction of sp³-hybridized carbons (Fsp3) is 0.125. The Morgan fingerprint density at radius 3 is 2.31 bits per heavy atom. The molecule has 32 heavy (non-hydrogen) atoms. The Hall–Kier alpha value is -4.33. The summed E-state index contributed by atoms with van der Waals surface area (Å²) in [6, 6.07) is 18.9. The van der Waals surface area contributed by atoms with Crippen LogP contribution in [0.1, 0.15) is 21.5 Å². The van der Waals surface area contributed by atoms with Crippen molar-refractivity contribution in [2.45, 2.75) is 6.54 Å². The Morgan fingerprint density at radius 1 is 0.938 bits per heavy atom. The third kappa shape index (κ3) is 5.63. The highest BCUT2D eigenvalue weighted by molar-refractivity contribution is 5.96. The normalized spacial score (nSPS) is 10.2. The quantitative estimate of drug-likeness (QED) is 0.257. The molecule has 0 saturated heterocycles. The molecule has 0 aromatic heterocycles. The lowest BCUT2D eigenvalue weighted by Crippen LogP contribution is -2.28. The Bertz CT molecular complexity index is 1140. The molecule has 8 heteroatoms. The number of nitrogens with two attached hydrogens (primary N) is 1. The van der Waals surface area contributed by atoms with E-state index in [2.05, 4.69) is 10.6 Å². The summed E-state index contributed by atoms with van der Waals surface area (Å²) in [5, 5.41) is 13.2. The molecule has 0 heterocycles. The van der Waals surface area contributed by atoms with E-state index in [9.17, 15) is 9.59 Å². The van der Waals surface area contributed by atoms with E-state index in [-0.39, 0.29) is 12.4 Å². The highest BCUT2D eigenvalue weighted by atomic mass is 16.5. The van der Waals surface area contributed by atoms with Gasteiger partial charge in [0.15, 0.2) is 0 Å². The van der Waals surface area contributed by atoms with Crippen LogP contribution in [0.5, 0.6) is 5.75 Å². The van der Waals surface area contributed by atoms with Gasteiger partial charge in [0.25, 0.3) is 0 Å². The molecule has 0 aliphatic rings. The smallest absolute Gasteiger partial charge is 0.337 e. The fourth-order valence-corrected chi connectivity index (χ4v) is 3.09. The molecule has 0 saturated carbocycles. The Morgan fingerprint density at radius 2 is 1.66 bits per heavy atom. The maximum atomic E-state index is 12.3. The van der Waals surface area contributed by atoms with Crippen molar-refractivity contribution in [3.63, 3.8) is 0 Å².